The van der Waals surface area contributed by atoms with Gasteiger partial charge in [-0.05, 0) is 30.7 Å². The summed E-state index contributed by atoms with van der Waals surface area (Å²) in [5.74, 6) is 0.412. The summed E-state index contributed by atoms with van der Waals surface area (Å²) in [6, 6.07) is 13.8. The average molecular weight is 285 g/mol. The maximum absolute atomic E-state index is 11.8. The van der Waals surface area contributed by atoms with Gasteiger partial charge in [-0.25, -0.2) is 4.79 Å². The monoisotopic (exact) mass is 285 g/mol. The van der Waals surface area contributed by atoms with E-state index in [-0.39, 0.29) is 5.84 Å². The average Bonchev–Trinajstić information content (AvgIpc) is 2.49. The molecule has 0 aliphatic heterocycles. The summed E-state index contributed by atoms with van der Waals surface area (Å²) in [4.78, 5) is 11.8. The Morgan fingerprint density at radius 3 is 2.62 bits per heavy atom. The summed E-state index contributed by atoms with van der Waals surface area (Å²) in [7, 11) is 0. The molecule has 0 aliphatic rings. The maximum Gasteiger partial charge on any atom is 0.417 e. The van der Waals surface area contributed by atoms with Crippen LogP contribution < -0.4 is 15.8 Å². The molecule has 0 fully saturated rings. The van der Waals surface area contributed by atoms with Crippen molar-refractivity contribution < 1.29 is 14.7 Å². The number of carbonyl (C=O) groups excluding carboxylic acids is 1. The fourth-order valence-electron chi connectivity index (χ4n) is 1.70. The molecule has 6 heteroatoms. The highest BCUT2D eigenvalue weighted by atomic mass is 16.6. The molecule has 0 aliphatic carbocycles. The molecular weight excluding hydrogens is 270 g/mol. The molecule has 0 bridgehead atoms. The minimum atomic E-state index is -0.610. The zero-order valence-corrected chi connectivity index (χ0v) is 11.4. The van der Waals surface area contributed by atoms with Gasteiger partial charge in [-0.3, -0.25) is 5.32 Å². The smallest absolute Gasteiger partial charge is 0.410 e. The summed E-state index contributed by atoms with van der Waals surface area (Å²) in [6.45, 7) is 1.83. The highest BCUT2D eigenvalue weighted by Crippen LogP contribution is 2.18. The summed E-state index contributed by atoms with van der Waals surface area (Å²) < 4.78 is 5.14. The highest BCUT2D eigenvalue weighted by Gasteiger charge is 2.09. The Bertz CT molecular complexity index is 669. The van der Waals surface area contributed by atoms with E-state index in [9.17, 15) is 4.79 Å². The van der Waals surface area contributed by atoms with Crippen molar-refractivity contribution in [2.75, 3.05) is 5.32 Å². The zero-order valence-electron chi connectivity index (χ0n) is 11.4. The number of nitrogens with two attached hydrogens (primary N) is 1. The van der Waals surface area contributed by atoms with E-state index >= 15 is 0 Å². The summed E-state index contributed by atoms with van der Waals surface area (Å²) in [6.07, 6.45) is -0.610. The van der Waals surface area contributed by atoms with E-state index in [1.54, 1.807) is 42.5 Å². The van der Waals surface area contributed by atoms with E-state index in [1.807, 2.05) is 13.0 Å². The van der Waals surface area contributed by atoms with Crippen LogP contribution in [0.15, 0.2) is 53.7 Å². The van der Waals surface area contributed by atoms with Crippen molar-refractivity contribution in [1.82, 2.24) is 0 Å². The molecule has 0 aromatic heterocycles. The summed E-state index contributed by atoms with van der Waals surface area (Å²) in [5.41, 5.74) is 7.38. The minimum absolute atomic E-state index is 0.0329. The molecule has 0 atom stereocenters. The van der Waals surface area contributed by atoms with Crippen molar-refractivity contribution in [3.63, 3.8) is 0 Å². The van der Waals surface area contributed by atoms with Crippen LogP contribution in [-0.4, -0.2) is 17.1 Å². The van der Waals surface area contributed by atoms with Crippen LogP contribution in [0.4, 0.5) is 10.5 Å². The predicted molar refractivity (Wildman–Crippen MR) is 79.8 cm³/mol. The van der Waals surface area contributed by atoms with Crippen LogP contribution in [0.5, 0.6) is 5.75 Å². The first kappa shape index (κ1) is 14.4. The van der Waals surface area contributed by atoms with Gasteiger partial charge in [0.2, 0.25) is 0 Å². The number of para-hydroxylation sites is 1. The van der Waals surface area contributed by atoms with Crippen molar-refractivity contribution >= 4 is 17.6 Å². The Morgan fingerprint density at radius 2 is 1.95 bits per heavy atom. The topological polar surface area (TPSA) is 96.9 Å². The van der Waals surface area contributed by atoms with Gasteiger partial charge in [-0.1, -0.05) is 35.5 Å². The van der Waals surface area contributed by atoms with Crippen molar-refractivity contribution in [3.05, 3.63) is 59.7 Å². The number of oxime groups is 1. The van der Waals surface area contributed by atoms with Crippen LogP contribution in [0.25, 0.3) is 0 Å². The first-order chi connectivity index (χ1) is 10.1. The van der Waals surface area contributed by atoms with Gasteiger partial charge >= 0.3 is 6.09 Å². The number of aryl methyl sites for hydroxylation is 1. The Hall–Kier alpha value is -3.02. The number of amides is 1. The van der Waals surface area contributed by atoms with Gasteiger partial charge in [0, 0.05) is 11.3 Å². The zero-order chi connectivity index (χ0) is 15.2. The number of hydrogen-bond donors (Lipinski definition) is 3. The van der Waals surface area contributed by atoms with Crippen molar-refractivity contribution in [2.24, 2.45) is 10.9 Å². The van der Waals surface area contributed by atoms with Gasteiger partial charge < -0.3 is 15.7 Å². The second-order valence-electron chi connectivity index (χ2n) is 4.34. The van der Waals surface area contributed by atoms with Crippen LogP contribution in [-0.2, 0) is 0 Å². The minimum Gasteiger partial charge on any atom is -0.410 e. The molecule has 0 heterocycles. The third kappa shape index (κ3) is 3.73. The van der Waals surface area contributed by atoms with Gasteiger partial charge in [0.05, 0.1) is 0 Å². The standard InChI is InChI=1S/C15H15N3O3/c1-10-7-8-11(14(16)18-20)9-13(10)17-15(19)21-12-5-3-2-4-6-12/h2-9,20H,1H3,(H2,16,18)(H,17,19). The van der Waals surface area contributed by atoms with E-state index in [2.05, 4.69) is 10.5 Å². The number of anilines is 1. The van der Waals surface area contributed by atoms with E-state index < -0.39 is 6.09 Å². The molecule has 0 saturated heterocycles. The molecule has 21 heavy (non-hydrogen) atoms. The normalized spacial score (nSPS) is 11.0. The third-order valence-electron chi connectivity index (χ3n) is 2.83. The van der Waals surface area contributed by atoms with Crippen LogP contribution in [0, 0.1) is 6.92 Å². The second-order valence-corrected chi connectivity index (χ2v) is 4.34. The van der Waals surface area contributed by atoms with Gasteiger partial charge in [-0.2, -0.15) is 0 Å². The van der Waals surface area contributed by atoms with E-state index in [0.717, 1.165) is 5.56 Å². The fraction of sp³-hybridized carbons (Fsp3) is 0.0667. The Kier molecular flexibility index (Phi) is 4.40. The number of hydrogen-bond acceptors (Lipinski definition) is 4. The molecule has 1 amide bonds. The van der Waals surface area contributed by atoms with Gasteiger partial charge in [-0.15, -0.1) is 0 Å². The maximum atomic E-state index is 11.8. The second kappa shape index (κ2) is 6.42. The molecule has 4 N–H and O–H groups in total. The summed E-state index contributed by atoms with van der Waals surface area (Å²) >= 11 is 0. The van der Waals surface area contributed by atoms with Crippen molar-refractivity contribution in [1.29, 1.82) is 0 Å². The Morgan fingerprint density at radius 1 is 1.24 bits per heavy atom. The molecule has 2 aromatic carbocycles. The lowest BCUT2D eigenvalue weighted by Gasteiger charge is -2.10. The van der Waals surface area contributed by atoms with Crippen LogP contribution >= 0.6 is 0 Å². The first-order valence-corrected chi connectivity index (χ1v) is 6.22. The Labute approximate surface area is 121 Å². The largest absolute Gasteiger partial charge is 0.417 e. The number of carbonyl (C=O) groups is 1. The highest BCUT2D eigenvalue weighted by molar-refractivity contribution is 5.99. The number of nitrogens with one attached hydrogen (secondary N) is 1. The van der Waals surface area contributed by atoms with Crippen LogP contribution in [0.3, 0.4) is 0 Å². The lowest BCUT2D eigenvalue weighted by molar-refractivity contribution is 0.215. The molecule has 0 saturated carbocycles. The predicted octanol–water partition coefficient (Wildman–Crippen LogP) is 2.70. The van der Waals surface area contributed by atoms with E-state index in [0.29, 0.717) is 17.0 Å². The lowest BCUT2D eigenvalue weighted by Crippen LogP contribution is -2.19. The molecule has 108 valence electrons. The fourth-order valence-corrected chi connectivity index (χ4v) is 1.70. The molecule has 0 radical (unpaired) electrons. The number of ether oxygens (including phenoxy) is 1. The number of amidine groups is 1. The SMILES string of the molecule is Cc1ccc(C(N)=NO)cc1NC(=O)Oc1ccccc1. The lowest BCUT2D eigenvalue weighted by atomic mass is 10.1. The van der Waals surface area contributed by atoms with Crippen LogP contribution in [0.1, 0.15) is 11.1 Å². The number of rotatable bonds is 3. The van der Waals surface area contributed by atoms with Crippen molar-refractivity contribution in [2.45, 2.75) is 6.92 Å². The molecule has 0 unspecified atom stereocenters. The van der Waals surface area contributed by atoms with Crippen molar-refractivity contribution in [3.8, 4) is 5.75 Å². The molecular formula is C15H15N3O3. The van der Waals surface area contributed by atoms with E-state index in [4.69, 9.17) is 15.7 Å². The molecule has 2 rings (SSSR count). The van der Waals surface area contributed by atoms with Gasteiger partial charge in [0.25, 0.3) is 0 Å². The molecule has 0 spiro atoms. The molecule has 6 nitrogen and oxygen atoms in total. The third-order valence-corrected chi connectivity index (χ3v) is 2.83. The van der Waals surface area contributed by atoms with Crippen LogP contribution in [0.2, 0.25) is 0 Å². The Balaban J connectivity index is 2.13. The van der Waals surface area contributed by atoms with Gasteiger partial charge in [0.15, 0.2) is 5.84 Å². The van der Waals surface area contributed by atoms with E-state index in [1.165, 1.54) is 0 Å². The van der Waals surface area contributed by atoms with Gasteiger partial charge in [0.1, 0.15) is 5.75 Å². The summed E-state index contributed by atoms with van der Waals surface area (Å²) in [5, 5.41) is 14.2. The number of nitrogens with zero attached hydrogens (tertiary/aromatic N) is 1. The number of benzene rings is 2. The first-order valence-electron chi connectivity index (χ1n) is 6.22. The molecule has 2 aromatic rings. The quantitative estimate of drug-likeness (QED) is 0.349.